The van der Waals surface area contributed by atoms with Crippen LogP contribution >= 0.6 is 0 Å². The van der Waals surface area contributed by atoms with Gasteiger partial charge in [-0.1, -0.05) is 24.3 Å². The van der Waals surface area contributed by atoms with Crippen molar-refractivity contribution >= 4 is 28.2 Å². The number of hydrogen-bond acceptors (Lipinski definition) is 8. The maximum atomic E-state index is 15.9. The molecule has 1 fully saturated rings. The number of aromatic carboxylic acids is 1. The standard InChI is InChI=1S/C31H27F3N6O5/c1-44-25-5-3-2-4-24(25)37-10-12-38(13-11-37)27-23(32)14-21-26(29(27)45-31(33)34)40(16-22(28(21)41)30(42)43)20-8-6-19(7-9-20)15-39-18-35-17-36-39/h2-9,14,16-18,31H,10-13,15H2,1H3,(H,42,43). The van der Waals surface area contributed by atoms with E-state index in [2.05, 4.69) is 10.1 Å². The minimum atomic E-state index is -3.36. The summed E-state index contributed by atoms with van der Waals surface area (Å²) in [5, 5.41) is 13.4. The molecule has 0 radical (unpaired) electrons. The van der Waals surface area contributed by atoms with Gasteiger partial charge in [-0.3, -0.25) is 4.79 Å². The van der Waals surface area contributed by atoms with Crippen LogP contribution in [0.1, 0.15) is 15.9 Å². The number of para-hydroxylation sites is 2. The van der Waals surface area contributed by atoms with Crippen LogP contribution in [0.4, 0.5) is 24.5 Å². The molecule has 2 aromatic heterocycles. The number of ether oxygens (including phenoxy) is 2. The van der Waals surface area contributed by atoms with E-state index in [1.807, 2.05) is 29.2 Å². The smallest absolute Gasteiger partial charge is 0.387 e. The first-order valence-corrected chi connectivity index (χ1v) is 13.9. The van der Waals surface area contributed by atoms with Crippen molar-refractivity contribution in [1.82, 2.24) is 19.3 Å². The molecule has 1 aliphatic heterocycles. The first kappa shape index (κ1) is 29.5. The second-order valence-corrected chi connectivity index (χ2v) is 10.3. The second-order valence-electron chi connectivity index (χ2n) is 10.3. The first-order valence-electron chi connectivity index (χ1n) is 13.9. The van der Waals surface area contributed by atoms with Gasteiger partial charge in [0.2, 0.25) is 5.43 Å². The molecule has 3 aromatic carbocycles. The summed E-state index contributed by atoms with van der Waals surface area (Å²) in [6, 6.07) is 15.0. The highest BCUT2D eigenvalue weighted by molar-refractivity contribution is 5.98. The summed E-state index contributed by atoms with van der Waals surface area (Å²) in [5.74, 6) is -2.44. The molecule has 232 valence electrons. The highest BCUT2D eigenvalue weighted by Gasteiger charge is 2.30. The molecule has 0 bridgehead atoms. The van der Waals surface area contributed by atoms with Gasteiger partial charge in [-0.25, -0.2) is 18.9 Å². The number of nitrogens with zero attached hydrogens (tertiary/aromatic N) is 6. The Kier molecular flexibility index (Phi) is 8.02. The van der Waals surface area contributed by atoms with E-state index >= 15 is 4.39 Å². The van der Waals surface area contributed by atoms with Gasteiger partial charge in [0, 0.05) is 38.1 Å². The first-order chi connectivity index (χ1) is 21.7. The van der Waals surface area contributed by atoms with Crippen molar-refractivity contribution in [3.05, 3.63) is 101 Å². The van der Waals surface area contributed by atoms with Gasteiger partial charge in [0.05, 0.1) is 24.7 Å². The van der Waals surface area contributed by atoms with Crippen LogP contribution in [-0.4, -0.2) is 70.3 Å². The molecule has 14 heteroatoms. The highest BCUT2D eigenvalue weighted by atomic mass is 19.3. The molecule has 0 spiro atoms. The number of halogens is 3. The molecular formula is C31H27F3N6O5. The topological polar surface area (TPSA) is 115 Å². The van der Waals surface area contributed by atoms with Gasteiger partial charge < -0.3 is 28.9 Å². The van der Waals surface area contributed by atoms with Crippen LogP contribution in [0.15, 0.2) is 78.2 Å². The maximum absolute atomic E-state index is 15.9. The molecule has 1 aliphatic rings. The van der Waals surface area contributed by atoms with E-state index in [1.54, 1.807) is 47.3 Å². The van der Waals surface area contributed by atoms with Crippen LogP contribution in [0.2, 0.25) is 0 Å². The molecule has 1 N–H and O–H groups in total. The number of pyridine rings is 1. The number of hydrogen-bond donors (Lipinski definition) is 1. The predicted molar refractivity (Wildman–Crippen MR) is 160 cm³/mol. The quantitative estimate of drug-likeness (QED) is 0.256. The summed E-state index contributed by atoms with van der Waals surface area (Å²) in [6.45, 7) is -1.70. The Labute approximate surface area is 254 Å². The SMILES string of the molecule is COc1ccccc1N1CCN(c2c(F)cc3c(=O)c(C(=O)O)cn(-c4ccc(Cn5cncn5)cc4)c3c2OC(F)F)CC1. The fraction of sp³-hybridized carbons (Fsp3) is 0.226. The zero-order valence-corrected chi connectivity index (χ0v) is 23.9. The number of benzene rings is 3. The van der Waals surface area contributed by atoms with Crippen molar-refractivity contribution in [3.63, 3.8) is 0 Å². The summed E-state index contributed by atoms with van der Waals surface area (Å²) < 4.78 is 57.2. The monoisotopic (exact) mass is 620 g/mol. The molecule has 11 nitrogen and oxygen atoms in total. The number of carbonyl (C=O) groups is 1. The summed E-state index contributed by atoms with van der Waals surface area (Å²) >= 11 is 0. The van der Waals surface area contributed by atoms with Crippen LogP contribution < -0.4 is 24.7 Å². The molecule has 45 heavy (non-hydrogen) atoms. The predicted octanol–water partition coefficient (Wildman–Crippen LogP) is 4.40. The Morgan fingerprint density at radius 3 is 2.40 bits per heavy atom. The number of fused-ring (bicyclic) bond motifs is 1. The van der Waals surface area contributed by atoms with Crippen molar-refractivity contribution in [3.8, 4) is 17.2 Å². The molecule has 5 aromatic rings. The third-order valence-electron chi connectivity index (χ3n) is 7.66. The van der Waals surface area contributed by atoms with Gasteiger partial charge in [0.1, 0.15) is 35.2 Å². The number of alkyl halides is 2. The van der Waals surface area contributed by atoms with E-state index in [0.717, 1.165) is 23.5 Å². The Balaban J connectivity index is 1.47. The zero-order valence-electron chi connectivity index (χ0n) is 23.9. The average molecular weight is 621 g/mol. The van der Waals surface area contributed by atoms with Gasteiger partial charge in [-0.05, 0) is 35.9 Å². The van der Waals surface area contributed by atoms with Crippen LogP contribution in [0.3, 0.4) is 0 Å². The fourth-order valence-electron chi connectivity index (χ4n) is 5.59. The zero-order chi connectivity index (χ0) is 31.7. The Bertz CT molecular complexity index is 1910. The van der Waals surface area contributed by atoms with E-state index in [9.17, 15) is 23.5 Å². The molecule has 3 heterocycles. The van der Waals surface area contributed by atoms with Crippen LogP contribution in [0, 0.1) is 5.82 Å². The minimum Gasteiger partial charge on any atom is -0.495 e. The van der Waals surface area contributed by atoms with E-state index < -0.39 is 40.5 Å². The molecule has 0 amide bonds. The van der Waals surface area contributed by atoms with E-state index in [-0.39, 0.29) is 24.3 Å². The summed E-state index contributed by atoms with van der Waals surface area (Å²) in [6.07, 6.45) is 3.98. The molecular weight excluding hydrogens is 593 g/mol. The second kappa shape index (κ2) is 12.2. The van der Waals surface area contributed by atoms with Crippen molar-refractivity contribution in [2.45, 2.75) is 13.2 Å². The summed E-state index contributed by atoms with van der Waals surface area (Å²) in [5.41, 5.74) is -0.125. The largest absolute Gasteiger partial charge is 0.495 e. The lowest BCUT2D eigenvalue weighted by Crippen LogP contribution is -2.47. The molecule has 0 atom stereocenters. The van der Waals surface area contributed by atoms with Crippen molar-refractivity contribution < 1.29 is 32.5 Å². The highest BCUT2D eigenvalue weighted by Crippen LogP contribution is 2.41. The number of rotatable bonds is 9. The lowest BCUT2D eigenvalue weighted by atomic mass is 10.1. The number of carboxylic acid groups (broad SMARTS) is 1. The summed E-state index contributed by atoms with van der Waals surface area (Å²) in [4.78, 5) is 32.8. The molecule has 0 aliphatic carbocycles. The summed E-state index contributed by atoms with van der Waals surface area (Å²) in [7, 11) is 1.56. The molecule has 6 rings (SSSR count). The fourth-order valence-corrected chi connectivity index (χ4v) is 5.59. The number of anilines is 2. The van der Waals surface area contributed by atoms with Crippen molar-refractivity contribution in [2.24, 2.45) is 0 Å². The third kappa shape index (κ3) is 5.73. The van der Waals surface area contributed by atoms with Crippen LogP contribution in [-0.2, 0) is 6.54 Å². The number of methoxy groups -OCH3 is 1. The minimum absolute atomic E-state index is 0.183. The molecule has 0 saturated carbocycles. The van der Waals surface area contributed by atoms with E-state index in [0.29, 0.717) is 31.1 Å². The van der Waals surface area contributed by atoms with Gasteiger partial charge in [-0.15, -0.1) is 0 Å². The molecule has 1 saturated heterocycles. The van der Waals surface area contributed by atoms with Crippen LogP contribution in [0.5, 0.6) is 11.5 Å². The number of piperazine rings is 1. The Morgan fingerprint density at radius 1 is 1.04 bits per heavy atom. The van der Waals surface area contributed by atoms with Gasteiger partial charge in [0.15, 0.2) is 11.6 Å². The maximum Gasteiger partial charge on any atom is 0.387 e. The Morgan fingerprint density at radius 2 is 1.76 bits per heavy atom. The van der Waals surface area contributed by atoms with Crippen molar-refractivity contribution in [2.75, 3.05) is 43.1 Å². The van der Waals surface area contributed by atoms with Crippen LogP contribution in [0.25, 0.3) is 16.6 Å². The van der Waals surface area contributed by atoms with E-state index in [1.165, 1.54) is 10.9 Å². The van der Waals surface area contributed by atoms with Gasteiger partial charge >= 0.3 is 12.6 Å². The number of carboxylic acids is 1. The number of aromatic nitrogens is 4. The van der Waals surface area contributed by atoms with Crippen molar-refractivity contribution in [1.29, 1.82) is 0 Å². The van der Waals surface area contributed by atoms with E-state index in [4.69, 9.17) is 9.47 Å². The lowest BCUT2D eigenvalue weighted by Gasteiger charge is -2.38. The van der Waals surface area contributed by atoms with Gasteiger partial charge in [0.25, 0.3) is 0 Å². The lowest BCUT2D eigenvalue weighted by molar-refractivity contribution is -0.0488. The average Bonchev–Trinajstić information content (AvgIpc) is 3.55. The van der Waals surface area contributed by atoms with Gasteiger partial charge in [-0.2, -0.15) is 13.9 Å². The normalized spacial score (nSPS) is 13.4. The third-order valence-corrected chi connectivity index (χ3v) is 7.66. The molecule has 0 unspecified atom stereocenters. The Hall–Kier alpha value is -5.53.